The van der Waals surface area contributed by atoms with Crippen LogP contribution in [0.3, 0.4) is 0 Å². The molecule has 2 heterocycles. The van der Waals surface area contributed by atoms with Crippen molar-refractivity contribution in [3.63, 3.8) is 0 Å². The largest absolute Gasteiger partial charge is 0.398 e. The van der Waals surface area contributed by atoms with Crippen LogP contribution in [-0.2, 0) is 9.59 Å². The van der Waals surface area contributed by atoms with E-state index >= 15 is 0 Å². The monoisotopic (exact) mass is 412 g/mol. The number of aromatic nitrogens is 2. The standard InChI is InChI=1S/C23H20N6O2/c1-14-4-7-26-11-17(14)15-8-16-10-20(27-12-18(16)19(25)9-15)28-21(30)2-3-22(31)29-23(13-24)5-6-23/h2-4,7-12H,5-6,25H2,1H3,(H,29,31)(H,27,28,30)/b3-2-. The zero-order chi connectivity index (χ0) is 22.0. The normalized spacial score (nSPS) is 14.2. The Kier molecular flexibility index (Phi) is 5.09. The first-order valence-electron chi connectivity index (χ1n) is 9.72. The highest BCUT2D eigenvalue weighted by atomic mass is 16.2. The molecule has 0 unspecified atom stereocenters. The predicted molar refractivity (Wildman–Crippen MR) is 118 cm³/mol. The van der Waals surface area contributed by atoms with Gasteiger partial charge in [-0.1, -0.05) is 0 Å². The molecule has 3 aromatic rings. The van der Waals surface area contributed by atoms with E-state index in [-0.39, 0.29) is 0 Å². The van der Waals surface area contributed by atoms with Crippen molar-refractivity contribution in [3.8, 4) is 17.2 Å². The Morgan fingerprint density at radius 2 is 1.97 bits per heavy atom. The maximum absolute atomic E-state index is 12.2. The van der Waals surface area contributed by atoms with E-state index in [4.69, 9.17) is 11.0 Å². The van der Waals surface area contributed by atoms with Gasteiger partial charge in [-0.05, 0) is 60.5 Å². The lowest BCUT2D eigenvalue weighted by molar-refractivity contribution is -0.117. The quantitative estimate of drug-likeness (QED) is 0.436. The average molecular weight is 412 g/mol. The van der Waals surface area contributed by atoms with Crippen LogP contribution in [0.15, 0.2) is 55.0 Å². The molecule has 0 spiro atoms. The van der Waals surface area contributed by atoms with Crippen LogP contribution in [0.4, 0.5) is 11.5 Å². The van der Waals surface area contributed by atoms with Crippen molar-refractivity contribution in [3.05, 3.63) is 60.6 Å². The molecule has 0 bridgehead atoms. The van der Waals surface area contributed by atoms with E-state index in [0.29, 0.717) is 24.3 Å². The highest BCUT2D eigenvalue weighted by Crippen LogP contribution is 2.34. The molecule has 8 heteroatoms. The first kappa shape index (κ1) is 20.0. The van der Waals surface area contributed by atoms with E-state index in [1.54, 1.807) is 24.7 Å². The first-order chi connectivity index (χ1) is 14.9. The second-order valence-electron chi connectivity index (χ2n) is 7.55. The molecule has 31 heavy (non-hydrogen) atoms. The van der Waals surface area contributed by atoms with Gasteiger partial charge in [-0.25, -0.2) is 4.98 Å². The maximum Gasteiger partial charge on any atom is 0.249 e. The van der Waals surface area contributed by atoms with Crippen molar-refractivity contribution in [2.45, 2.75) is 25.3 Å². The minimum atomic E-state index is -0.776. The van der Waals surface area contributed by atoms with Crippen LogP contribution in [0.1, 0.15) is 18.4 Å². The Labute approximate surface area is 178 Å². The van der Waals surface area contributed by atoms with E-state index < -0.39 is 17.4 Å². The summed E-state index contributed by atoms with van der Waals surface area (Å²) in [5.74, 6) is -0.654. The number of rotatable bonds is 5. The molecule has 2 amide bonds. The number of hydrogen-bond acceptors (Lipinski definition) is 6. The lowest BCUT2D eigenvalue weighted by Gasteiger charge is -2.10. The number of benzene rings is 1. The molecule has 8 nitrogen and oxygen atoms in total. The molecule has 2 aromatic heterocycles. The molecule has 4 rings (SSSR count). The number of nitrogens with one attached hydrogen (secondary N) is 2. The van der Waals surface area contributed by atoms with Gasteiger partial charge in [0.15, 0.2) is 0 Å². The summed E-state index contributed by atoms with van der Waals surface area (Å²) in [7, 11) is 0. The number of nitriles is 1. The number of carbonyl (C=O) groups is 2. The summed E-state index contributed by atoms with van der Waals surface area (Å²) in [6, 6.07) is 9.56. The number of anilines is 2. The van der Waals surface area contributed by atoms with Crippen molar-refractivity contribution in [2.24, 2.45) is 0 Å². The Morgan fingerprint density at radius 3 is 2.68 bits per heavy atom. The van der Waals surface area contributed by atoms with Crippen molar-refractivity contribution in [1.82, 2.24) is 15.3 Å². The van der Waals surface area contributed by atoms with Crippen LogP contribution in [0.5, 0.6) is 0 Å². The summed E-state index contributed by atoms with van der Waals surface area (Å²) in [4.78, 5) is 32.5. The summed E-state index contributed by atoms with van der Waals surface area (Å²) >= 11 is 0. The number of fused-ring (bicyclic) bond motifs is 1. The van der Waals surface area contributed by atoms with E-state index in [9.17, 15) is 9.59 Å². The molecule has 154 valence electrons. The van der Waals surface area contributed by atoms with E-state index in [1.807, 2.05) is 25.1 Å². The van der Waals surface area contributed by atoms with Crippen molar-refractivity contribution in [1.29, 1.82) is 5.26 Å². The molecule has 1 fully saturated rings. The van der Waals surface area contributed by atoms with Crippen LogP contribution in [0.2, 0.25) is 0 Å². The van der Waals surface area contributed by atoms with Gasteiger partial charge in [-0.15, -0.1) is 0 Å². The predicted octanol–water partition coefficient (Wildman–Crippen LogP) is 2.85. The molecule has 1 aliphatic rings. The van der Waals surface area contributed by atoms with Crippen molar-refractivity contribution in [2.75, 3.05) is 11.1 Å². The number of pyridine rings is 2. The molecule has 1 aromatic carbocycles. The van der Waals surface area contributed by atoms with Gasteiger partial charge in [0.1, 0.15) is 11.4 Å². The number of hydrogen-bond donors (Lipinski definition) is 3. The van der Waals surface area contributed by atoms with Gasteiger partial charge in [0, 0.05) is 47.4 Å². The fourth-order valence-corrected chi connectivity index (χ4v) is 3.26. The highest BCUT2D eigenvalue weighted by molar-refractivity contribution is 6.04. The summed E-state index contributed by atoms with van der Waals surface area (Å²) in [6.45, 7) is 2.00. The summed E-state index contributed by atoms with van der Waals surface area (Å²) in [5.41, 5.74) is 8.98. The molecule has 4 N–H and O–H groups in total. The fraction of sp³-hybridized carbons (Fsp3) is 0.174. The molecular formula is C23H20N6O2. The van der Waals surface area contributed by atoms with Gasteiger partial charge in [0.05, 0.1) is 6.07 Å². The summed E-state index contributed by atoms with van der Waals surface area (Å²) < 4.78 is 0. The zero-order valence-corrected chi connectivity index (χ0v) is 16.8. The zero-order valence-electron chi connectivity index (χ0n) is 16.8. The number of carbonyl (C=O) groups excluding carboxylic acids is 2. The molecule has 0 radical (unpaired) electrons. The van der Waals surface area contributed by atoms with Crippen molar-refractivity contribution < 1.29 is 9.59 Å². The lowest BCUT2D eigenvalue weighted by Crippen LogP contribution is -2.34. The van der Waals surface area contributed by atoms with Gasteiger partial charge in [-0.2, -0.15) is 5.26 Å². The lowest BCUT2D eigenvalue weighted by atomic mass is 9.99. The van der Waals surface area contributed by atoms with Crippen LogP contribution in [0.25, 0.3) is 21.9 Å². The second-order valence-corrected chi connectivity index (χ2v) is 7.55. The molecule has 1 saturated carbocycles. The Bertz CT molecular complexity index is 1270. The molecule has 1 aliphatic carbocycles. The topological polar surface area (TPSA) is 134 Å². The number of nitrogens with two attached hydrogens (primary N) is 1. The Balaban J connectivity index is 1.52. The number of amides is 2. The third-order valence-electron chi connectivity index (χ3n) is 5.18. The molecular weight excluding hydrogens is 392 g/mol. The second kappa shape index (κ2) is 7.88. The Hall–Kier alpha value is -4.25. The first-order valence-corrected chi connectivity index (χ1v) is 9.72. The van der Waals surface area contributed by atoms with Crippen LogP contribution >= 0.6 is 0 Å². The fourth-order valence-electron chi connectivity index (χ4n) is 3.26. The maximum atomic E-state index is 12.2. The van der Waals surface area contributed by atoms with Gasteiger partial charge in [-0.3, -0.25) is 14.6 Å². The van der Waals surface area contributed by atoms with Gasteiger partial charge < -0.3 is 16.4 Å². The number of aryl methyl sites for hydroxylation is 1. The van der Waals surface area contributed by atoms with Crippen molar-refractivity contribution >= 4 is 34.1 Å². The van der Waals surface area contributed by atoms with Gasteiger partial charge in [0.25, 0.3) is 0 Å². The van der Waals surface area contributed by atoms with Crippen LogP contribution < -0.4 is 16.4 Å². The Morgan fingerprint density at radius 1 is 1.19 bits per heavy atom. The minimum absolute atomic E-state index is 0.331. The smallest absolute Gasteiger partial charge is 0.249 e. The van der Waals surface area contributed by atoms with Crippen LogP contribution in [0, 0.1) is 18.3 Å². The summed E-state index contributed by atoms with van der Waals surface area (Å²) in [6.07, 6.45) is 8.58. The van der Waals surface area contributed by atoms with Crippen LogP contribution in [-0.4, -0.2) is 27.3 Å². The SMILES string of the molecule is Cc1ccncc1-c1cc(N)c2cnc(NC(=O)/C=C\C(=O)NC3(C#N)CC3)cc2c1. The molecule has 0 saturated heterocycles. The number of nitrogens with zero attached hydrogens (tertiary/aromatic N) is 3. The highest BCUT2D eigenvalue weighted by Gasteiger charge is 2.44. The van der Waals surface area contributed by atoms with E-state index in [1.165, 1.54) is 0 Å². The van der Waals surface area contributed by atoms with Gasteiger partial charge >= 0.3 is 0 Å². The molecule has 0 atom stereocenters. The van der Waals surface area contributed by atoms with Gasteiger partial charge in [0.2, 0.25) is 11.8 Å². The third kappa shape index (κ3) is 4.36. The minimum Gasteiger partial charge on any atom is -0.398 e. The van der Waals surface area contributed by atoms with E-state index in [0.717, 1.165) is 39.6 Å². The van der Waals surface area contributed by atoms with E-state index in [2.05, 4.69) is 26.7 Å². The third-order valence-corrected chi connectivity index (χ3v) is 5.18. The average Bonchev–Trinajstić information content (AvgIpc) is 3.52. The number of nitrogen functional groups attached to an aromatic ring is 1. The molecule has 0 aliphatic heterocycles. The summed E-state index contributed by atoms with van der Waals surface area (Å²) in [5, 5.41) is 15.8.